The van der Waals surface area contributed by atoms with E-state index >= 15 is 0 Å². The van der Waals surface area contributed by atoms with Crippen molar-refractivity contribution < 1.29 is 14.4 Å². The predicted octanol–water partition coefficient (Wildman–Crippen LogP) is 1.80. The molecule has 3 aliphatic heterocycles. The summed E-state index contributed by atoms with van der Waals surface area (Å²) in [5.74, 6) is -0.187. The first-order valence-electron chi connectivity index (χ1n) is 9.82. The van der Waals surface area contributed by atoms with Crippen LogP contribution in [0.3, 0.4) is 0 Å². The Hall–Kier alpha value is -2.83. The van der Waals surface area contributed by atoms with Crippen molar-refractivity contribution in [2.75, 3.05) is 26.7 Å². The molecule has 0 radical (unpaired) electrons. The van der Waals surface area contributed by atoms with E-state index in [9.17, 15) is 14.4 Å². The van der Waals surface area contributed by atoms with Crippen molar-refractivity contribution >= 4 is 17.8 Å². The van der Waals surface area contributed by atoms with Crippen molar-refractivity contribution in [2.45, 2.75) is 38.8 Å². The number of rotatable bonds is 3. The summed E-state index contributed by atoms with van der Waals surface area (Å²) in [5.41, 5.74) is 3.19. The fourth-order valence-electron chi connectivity index (χ4n) is 4.34. The standard InChI is InChI=1S/C21H26N4O3/c1-13-7-6-8-15(11-13)18-17-16(23(3)21(28)22-18)12-25(20(17)27)14(2)19(26)24-9-4-5-10-24/h6-8,11,14,18H,4-5,9-10,12H2,1-3H3,(H,22,28)/t14-,18-/m1/s1. The van der Waals surface area contributed by atoms with Gasteiger partial charge in [-0.25, -0.2) is 4.79 Å². The zero-order valence-corrected chi connectivity index (χ0v) is 16.6. The van der Waals surface area contributed by atoms with Gasteiger partial charge in [0.1, 0.15) is 6.04 Å². The highest BCUT2D eigenvalue weighted by molar-refractivity contribution is 6.03. The molecule has 0 spiro atoms. The van der Waals surface area contributed by atoms with Crippen molar-refractivity contribution in [1.29, 1.82) is 0 Å². The number of carbonyl (C=O) groups excluding carboxylic acids is 3. The summed E-state index contributed by atoms with van der Waals surface area (Å²) in [7, 11) is 1.67. The van der Waals surface area contributed by atoms with E-state index in [1.165, 1.54) is 4.90 Å². The van der Waals surface area contributed by atoms with Gasteiger partial charge in [-0.15, -0.1) is 0 Å². The van der Waals surface area contributed by atoms with E-state index in [0.717, 1.165) is 37.1 Å². The lowest BCUT2D eigenvalue weighted by molar-refractivity contribution is -0.141. The highest BCUT2D eigenvalue weighted by atomic mass is 16.2. The monoisotopic (exact) mass is 382 g/mol. The van der Waals surface area contributed by atoms with E-state index in [1.807, 2.05) is 36.1 Å². The Morgan fingerprint density at radius 3 is 2.61 bits per heavy atom. The third-order valence-corrected chi connectivity index (χ3v) is 6.01. The summed E-state index contributed by atoms with van der Waals surface area (Å²) in [6, 6.07) is 6.53. The lowest BCUT2D eigenvalue weighted by Crippen LogP contribution is -2.47. The Morgan fingerprint density at radius 2 is 1.93 bits per heavy atom. The van der Waals surface area contributed by atoms with Gasteiger partial charge in [0.2, 0.25) is 5.91 Å². The predicted molar refractivity (Wildman–Crippen MR) is 104 cm³/mol. The minimum atomic E-state index is -0.544. The van der Waals surface area contributed by atoms with Crippen molar-refractivity contribution in [3.63, 3.8) is 0 Å². The molecule has 1 aromatic carbocycles. The van der Waals surface area contributed by atoms with Crippen LogP contribution >= 0.6 is 0 Å². The van der Waals surface area contributed by atoms with Gasteiger partial charge in [0, 0.05) is 20.1 Å². The number of hydrogen-bond donors (Lipinski definition) is 1. The molecule has 0 aliphatic carbocycles. The average molecular weight is 382 g/mol. The summed E-state index contributed by atoms with van der Waals surface area (Å²) < 4.78 is 0. The number of carbonyl (C=O) groups is 3. The minimum absolute atomic E-state index is 0.0141. The Bertz CT molecular complexity index is 872. The topological polar surface area (TPSA) is 73.0 Å². The first kappa shape index (κ1) is 18.5. The number of amides is 4. The third-order valence-electron chi connectivity index (χ3n) is 6.01. The Morgan fingerprint density at radius 1 is 1.21 bits per heavy atom. The smallest absolute Gasteiger partial charge is 0.322 e. The first-order valence-corrected chi connectivity index (χ1v) is 9.82. The van der Waals surface area contributed by atoms with E-state index in [4.69, 9.17) is 0 Å². The van der Waals surface area contributed by atoms with Gasteiger partial charge in [0.25, 0.3) is 5.91 Å². The van der Waals surface area contributed by atoms with Crippen LogP contribution < -0.4 is 5.32 Å². The molecule has 1 aromatic rings. The Kier molecular flexibility index (Phi) is 4.61. The van der Waals surface area contributed by atoms with Crippen LogP contribution in [0.5, 0.6) is 0 Å². The second-order valence-corrected chi connectivity index (χ2v) is 7.86. The van der Waals surface area contributed by atoms with Crippen LogP contribution in [0.4, 0.5) is 4.79 Å². The molecule has 28 heavy (non-hydrogen) atoms. The van der Waals surface area contributed by atoms with Gasteiger partial charge < -0.3 is 15.1 Å². The number of nitrogens with one attached hydrogen (secondary N) is 1. The van der Waals surface area contributed by atoms with Gasteiger partial charge in [0.15, 0.2) is 0 Å². The largest absolute Gasteiger partial charge is 0.341 e. The summed E-state index contributed by atoms with van der Waals surface area (Å²) in [6.45, 7) is 5.55. The van der Waals surface area contributed by atoms with E-state index < -0.39 is 12.1 Å². The average Bonchev–Trinajstić information content (AvgIpc) is 3.32. The summed E-state index contributed by atoms with van der Waals surface area (Å²) in [4.78, 5) is 43.6. The second-order valence-electron chi connectivity index (χ2n) is 7.86. The SMILES string of the molecule is Cc1cccc([C@H]2NC(=O)N(C)C3=C2C(=O)N([C@H](C)C(=O)N2CCCC2)C3)c1. The Labute approximate surface area is 165 Å². The molecule has 3 heterocycles. The summed E-state index contributed by atoms with van der Waals surface area (Å²) in [5, 5.41) is 2.94. The maximum absolute atomic E-state index is 13.3. The minimum Gasteiger partial charge on any atom is -0.341 e. The maximum atomic E-state index is 13.3. The van der Waals surface area contributed by atoms with Gasteiger partial charge in [-0.1, -0.05) is 29.8 Å². The van der Waals surface area contributed by atoms with Crippen LogP contribution in [-0.2, 0) is 9.59 Å². The molecule has 1 saturated heterocycles. The van der Waals surface area contributed by atoms with Crippen molar-refractivity contribution in [3.8, 4) is 0 Å². The van der Waals surface area contributed by atoms with Gasteiger partial charge in [-0.05, 0) is 32.3 Å². The van der Waals surface area contributed by atoms with Crippen LogP contribution in [-0.4, -0.2) is 65.3 Å². The molecule has 1 fully saturated rings. The molecule has 7 heteroatoms. The fraction of sp³-hybridized carbons (Fsp3) is 0.476. The number of likely N-dealkylation sites (N-methyl/N-ethyl adjacent to an activating group) is 1. The third kappa shape index (κ3) is 2.95. The lowest BCUT2D eigenvalue weighted by Gasteiger charge is -2.31. The van der Waals surface area contributed by atoms with Crippen LogP contribution in [0.1, 0.15) is 36.9 Å². The van der Waals surface area contributed by atoms with E-state index in [1.54, 1.807) is 18.9 Å². The zero-order chi connectivity index (χ0) is 20.0. The van der Waals surface area contributed by atoms with Gasteiger partial charge >= 0.3 is 6.03 Å². The molecule has 0 bridgehead atoms. The molecule has 0 unspecified atom stereocenters. The molecule has 1 N–H and O–H groups in total. The van der Waals surface area contributed by atoms with E-state index in [-0.39, 0.29) is 24.4 Å². The van der Waals surface area contributed by atoms with Gasteiger partial charge in [-0.3, -0.25) is 14.5 Å². The van der Waals surface area contributed by atoms with Crippen molar-refractivity contribution in [2.24, 2.45) is 0 Å². The van der Waals surface area contributed by atoms with Crippen LogP contribution in [0.2, 0.25) is 0 Å². The van der Waals surface area contributed by atoms with Crippen LogP contribution in [0, 0.1) is 6.92 Å². The molecular formula is C21H26N4O3. The zero-order valence-electron chi connectivity index (χ0n) is 16.6. The number of nitrogens with zero attached hydrogens (tertiary/aromatic N) is 3. The number of likely N-dealkylation sites (tertiary alicyclic amines) is 1. The molecule has 3 aliphatic rings. The quantitative estimate of drug-likeness (QED) is 0.866. The molecule has 4 amide bonds. The highest BCUT2D eigenvalue weighted by Gasteiger charge is 2.45. The van der Waals surface area contributed by atoms with Crippen LogP contribution in [0.15, 0.2) is 35.5 Å². The van der Waals surface area contributed by atoms with Gasteiger partial charge in [0.05, 0.1) is 23.9 Å². The molecule has 4 rings (SSSR count). The van der Waals surface area contributed by atoms with Crippen LogP contribution in [0.25, 0.3) is 0 Å². The maximum Gasteiger partial charge on any atom is 0.322 e. The highest BCUT2D eigenvalue weighted by Crippen LogP contribution is 2.36. The normalized spacial score (nSPS) is 23.2. The molecule has 148 valence electrons. The molecule has 0 saturated carbocycles. The fourth-order valence-corrected chi connectivity index (χ4v) is 4.34. The van der Waals surface area contributed by atoms with Gasteiger partial charge in [-0.2, -0.15) is 0 Å². The number of urea groups is 1. The second kappa shape index (κ2) is 6.96. The summed E-state index contributed by atoms with van der Waals surface area (Å²) in [6.07, 6.45) is 2.02. The van der Waals surface area contributed by atoms with E-state index in [0.29, 0.717) is 11.3 Å². The van der Waals surface area contributed by atoms with E-state index in [2.05, 4.69) is 5.32 Å². The number of benzene rings is 1. The Balaban J connectivity index is 1.65. The first-order chi connectivity index (χ1) is 13.4. The molecule has 7 nitrogen and oxygen atoms in total. The number of hydrogen-bond acceptors (Lipinski definition) is 3. The molecule has 0 aromatic heterocycles. The van der Waals surface area contributed by atoms with Crippen molar-refractivity contribution in [1.82, 2.24) is 20.0 Å². The summed E-state index contributed by atoms with van der Waals surface area (Å²) >= 11 is 0. The van der Waals surface area contributed by atoms with Crippen molar-refractivity contribution in [3.05, 3.63) is 46.7 Å². The molecule has 2 atom stereocenters. The lowest BCUT2D eigenvalue weighted by atomic mass is 9.94. The molecular weight excluding hydrogens is 356 g/mol. The number of aryl methyl sites for hydroxylation is 1.